The quantitative estimate of drug-likeness (QED) is 0.806. The summed E-state index contributed by atoms with van der Waals surface area (Å²) in [6, 6.07) is 9.04. The normalized spacial score (nSPS) is 12.7. The number of benzene rings is 1. The van der Waals surface area contributed by atoms with Crippen LogP contribution in [0.25, 0.3) is 0 Å². The van der Waals surface area contributed by atoms with Crippen molar-refractivity contribution in [3.63, 3.8) is 0 Å². The molecule has 1 aromatic carbocycles. The molecule has 0 radical (unpaired) electrons. The predicted octanol–water partition coefficient (Wildman–Crippen LogP) is 2.44. The summed E-state index contributed by atoms with van der Waals surface area (Å²) in [5.41, 5.74) is 2.33. The van der Waals surface area contributed by atoms with Gasteiger partial charge in [-0.3, -0.25) is 9.59 Å². The van der Waals surface area contributed by atoms with Crippen molar-refractivity contribution in [2.24, 2.45) is 0 Å². The zero-order valence-electron chi connectivity index (χ0n) is 14.5. The fourth-order valence-electron chi connectivity index (χ4n) is 2.36. The number of rotatable bonds is 4. The zero-order valence-corrected chi connectivity index (χ0v) is 14.5. The highest BCUT2D eigenvalue weighted by Gasteiger charge is 2.16. The number of carbonyl (C=O) groups is 1. The van der Waals surface area contributed by atoms with Crippen LogP contribution in [0.3, 0.4) is 0 Å². The number of aliphatic hydroxyl groups excluding tert-OH is 1. The van der Waals surface area contributed by atoms with Gasteiger partial charge in [0.15, 0.2) is 5.43 Å². The number of carbonyl (C=O) groups excluding carboxylic acids is 1. The Morgan fingerprint density at radius 2 is 1.88 bits per heavy atom. The molecule has 1 atom stereocenters. The molecule has 0 fully saturated rings. The molecule has 1 amide bonds. The smallest absolute Gasteiger partial charge is 0.256 e. The van der Waals surface area contributed by atoms with Gasteiger partial charge in [0, 0.05) is 24.5 Å². The lowest BCUT2D eigenvalue weighted by Gasteiger charge is -2.20. The van der Waals surface area contributed by atoms with Gasteiger partial charge < -0.3 is 15.4 Å². The molecule has 2 aromatic rings. The van der Waals surface area contributed by atoms with Crippen LogP contribution in [0.2, 0.25) is 0 Å². The third-order valence-electron chi connectivity index (χ3n) is 3.92. The summed E-state index contributed by atoms with van der Waals surface area (Å²) in [4.78, 5) is 26.7. The number of hydrogen-bond donors (Lipinski definition) is 3. The maximum Gasteiger partial charge on any atom is 0.256 e. The van der Waals surface area contributed by atoms with Gasteiger partial charge >= 0.3 is 0 Å². The Bertz CT molecular complexity index is 770. The second kappa shape index (κ2) is 7.01. The number of nitrogens with one attached hydrogen (secondary N) is 2. The molecular formula is C19H24N2O3. The highest BCUT2D eigenvalue weighted by Crippen LogP contribution is 2.23. The third-order valence-corrected chi connectivity index (χ3v) is 3.92. The Hall–Kier alpha value is -2.40. The number of amides is 1. The number of aromatic nitrogens is 1. The van der Waals surface area contributed by atoms with Crippen molar-refractivity contribution < 1.29 is 9.90 Å². The van der Waals surface area contributed by atoms with E-state index < -0.39 is 12.0 Å². The van der Waals surface area contributed by atoms with Crippen molar-refractivity contribution >= 4 is 5.91 Å². The van der Waals surface area contributed by atoms with Gasteiger partial charge in [-0.25, -0.2) is 0 Å². The van der Waals surface area contributed by atoms with Gasteiger partial charge in [-0.2, -0.15) is 0 Å². The van der Waals surface area contributed by atoms with Crippen molar-refractivity contribution in [3.05, 3.63) is 69.1 Å². The minimum absolute atomic E-state index is 0.0379. The summed E-state index contributed by atoms with van der Waals surface area (Å²) in [5, 5.41) is 12.8. The van der Waals surface area contributed by atoms with E-state index in [4.69, 9.17) is 0 Å². The molecular weight excluding hydrogens is 304 g/mol. The number of aliphatic hydroxyl groups is 1. The number of aromatic amines is 1. The Balaban J connectivity index is 2.01. The summed E-state index contributed by atoms with van der Waals surface area (Å²) in [6.07, 6.45) is 0.560. The van der Waals surface area contributed by atoms with Crippen LogP contribution in [0, 0.1) is 6.92 Å². The van der Waals surface area contributed by atoms with Crippen LogP contribution in [0.1, 0.15) is 54.1 Å². The first-order valence-electron chi connectivity index (χ1n) is 7.94. The molecule has 5 nitrogen and oxygen atoms in total. The zero-order chi connectivity index (χ0) is 17.9. The van der Waals surface area contributed by atoms with Gasteiger partial charge in [-0.15, -0.1) is 0 Å². The first-order chi connectivity index (χ1) is 11.2. The maximum absolute atomic E-state index is 12.1. The van der Waals surface area contributed by atoms with Crippen molar-refractivity contribution in [2.75, 3.05) is 6.54 Å². The average molecular weight is 328 g/mol. The third kappa shape index (κ3) is 4.32. The lowest BCUT2D eigenvalue weighted by Crippen LogP contribution is -2.32. The average Bonchev–Trinajstić information content (AvgIpc) is 2.51. The molecule has 128 valence electrons. The van der Waals surface area contributed by atoms with Crippen molar-refractivity contribution in [2.45, 2.75) is 39.2 Å². The molecule has 5 heteroatoms. The number of hydrogen-bond acceptors (Lipinski definition) is 3. The first kappa shape index (κ1) is 17.9. The Kier molecular flexibility index (Phi) is 5.24. The van der Waals surface area contributed by atoms with E-state index in [1.165, 1.54) is 17.8 Å². The van der Waals surface area contributed by atoms with Gasteiger partial charge in [-0.05, 0) is 23.5 Å². The minimum Gasteiger partial charge on any atom is -0.387 e. The second-order valence-electron chi connectivity index (χ2n) is 6.99. The summed E-state index contributed by atoms with van der Waals surface area (Å²) < 4.78 is 0. The van der Waals surface area contributed by atoms with E-state index in [0.717, 1.165) is 5.56 Å². The molecule has 24 heavy (non-hydrogen) atoms. The molecule has 1 heterocycles. The molecule has 0 saturated carbocycles. The topological polar surface area (TPSA) is 82.2 Å². The van der Waals surface area contributed by atoms with Crippen LogP contribution in [-0.2, 0) is 5.41 Å². The standard InChI is InChI=1S/C19H24N2O3/c1-12-9-16(22)15(10-20-12)18(24)21-11-17(23)13-5-7-14(8-6-13)19(2,3)4/h5-10,17,23H,11H2,1-4H3,(H,20,22)(H,21,24). The Morgan fingerprint density at radius 1 is 1.25 bits per heavy atom. The SMILES string of the molecule is Cc1cc(=O)c(C(=O)NCC(O)c2ccc(C(C)(C)C)cc2)c[nH]1. The van der Waals surface area contributed by atoms with Crippen LogP contribution in [-0.4, -0.2) is 22.5 Å². The van der Waals surface area contributed by atoms with Gasteiger partial charge in [0.25, 0.3) is 5.91 Å². The van der Waals surface area contributed by atoms with E-state index in [-0.39, 0.29) is 23.0 Å². The predicted molar refractivity (Wildman–Crippen MR) is 94.2 cm³/mol. The molecule has 1 unspecified atom stereocenters. The fraction of sp³-hybridized carbons (Fsp3) is 0.368. The lowest BCUT2D eigenvalue weighted by molar-refractivity contribution is 0.0915. The van der Waals surface area contributed by atoms with E-state index in [9.17, 15) is 14.7 Å². The number of aryl methyl sites for hydroxylation is 1. The molecule has 0 aliphatic carbocycles. The number of pyridine rings is 1. The van der Waals surface area contributed by atoms with Gasteiger partial charge in [-0.1, -0.05) is 45.0 Å². The summed E-state index contributed by atoms with van der Waals surface area (Å²) in [6.45, 7) is 8.16. The molecule has 2 rings (SSSR count). The van der Waals surface area contributed by atoms with Crippen LogP contribution in [0.15, 0.2) is 41.3 Å². The molecule has 0 saturated heterocycles. The van der Waals surface area contributed by atoms with Crippen molar-refractivity contribution in [3.8, 4) is 0 Å². The first-order valence-corrected chi connectivity index (χ1v) is 7.94. The second-order valence-corrected chi connectivity index (χ2v) is 6.99. The lowest BCUT2D eigenvalue weighted by atomic mass is 9.86. The highest BCUT2D eigenvalue weighted by atomic mass is 16.3. The Labute approximate surface area is 141 Å². The van der Waals surface area contributed by atoms with E-state index in [2.05, 4.69) is 31.1 Å². The molecule has 0 spiro atoms. The summed E-state index contributed by atoms with van der Waals surface area (Å²) >= 11 is 0. The maximum atomic E-state index is 12.1. The van der Waals surface area contributed by atoms with E-state index in [0.29, 0.717) is 5.69 Å². The minimum atomic E-state index is -0.826. The van der Waals surface area contributed by atoms with Crippen molar-refractivity contribution in [1.82, 2.24) is 10.3 Å². The summed E-state index contributed by atoms with van der Waals surface area (Å²) in [7, 11) is 0. The van der Waals surface area contributed by atoms with Crippen LogP contribution < -0.4 is 10.7 Å². The molecule has 3 N–H and O–H groups in total. The molecule has 0 bridgehead atoms. The molecule has 1 aromatic heterocycles. The summed E-state index contributed by atoms with van der Waals surface area (Å²) in [5.74, 6) is -0.499. The molecule has 0 aliphatic heterocycles. The van der Waals surface area contributed by atoms with Crippen LogP contribution >= 0.6 is 0 Å². The van der Waals surface area contributed by atoms with Crippen LogP contribution in [0.4, 0.5) is 0 Å². The van der Waals surface area contributed by atoms with Crippen molar-refractivity contribution in [1.29, 1.82) is 0 Å². The molecule has 0 aliphatic rings. The van der Waals surface area contributed by atoms with E-state index in [1.54, 1.807) is 6.92 Å². The Morgan fingerprint density at radius 3 is 2.42 bits per heavy atom. The van der Waals surface area contributed by atoms with Gasteiger partial charge in [0.1, 0.15) is 5.56 Å². The van der Waals surface area contributed by atoms with Gasteiger partial charge in [0.05, 0.1) is 6.10 Å². The van der Waals surface area contributed by atoms with Gasteiger partial charge in [0.2, 0.25) is 0 Å². The highest BCUT2D eigenvalue weighted by molar-refractivity contribution is 5.93. The largest absolute Gasteiger partial charge is 0.387 e. The van der Waals surface area contributed by atoms with Crippen LogP contribution in [0.5, 0.6) is 0 Å². The van der Waals surface area contributed by atoms with E-state index in [1.807, 2.05) is 24.3 Å². The van der Waals surface area contributed by atoms with E-state index >= 15 is 0 Å². The number of H-pyrrole nitrogens is 1. The fourth-order valence-corrected chi connectivity index (χ4v) is 2.36. The monoisotopic (exact) mass is 328 g/mol.